The molecule has 3 aliphatic rings. The van der Waals surface area contributed by atoms with Crippen LogP contribution in [0.1, 0.15) is 36.4 Å². The van der Waals surface area contributed by atoms with E-state index < -0.39 is 0 Å². The number of carbonyl (C=O) groups is 1. The molecule has 2 saturated heterocycles. The zero-order valence-electron chi connectivity index (χ0n) is 19.1. The highest BCUT2D eigenvalue weighted by molar-refractivity contribution is 5.82. The van der Waals surface area contributed by atoms with Crippen LogP contribution in [0.3, 0.4) is 0 Å². The first-order valence-corrected chi connectivity index (χ1v) is 12.1. The van der Waals surface area contributed by atoms with Gasteiger partial charge in [-0.25, -0.2) is 0 Å². The highest BCUT2D eigenvalue weighted by atomic mass is 16.5. The normalized spacial score (nSPS) is 21.0. The molecule has 7 nitrogen and oxygen atoms in total. The van der Waals surface area contributed by atoms with Crippen LogP contribution in [0.25, 0.3) is 0 Å². The van der Waals surface area contributed by atoms with Crippen LogP contribution >= 0.6 is 0 Å². The first-order chi connectivity index (χ1) is 16.3. The number of morpholine rings is 1. The van der Waals surface area contributed by atoms with Crippen LogP contribution in [0.5, 0.6) is 11.5 Å². The van der Waals surface area contributed by atoms with Crippen molar-refractivity contribution in [3.63, 3.8) is 0 Å². The van der Waals surface area contributed by atoms with Crippen molar-refractivity contribution in [2.75, 3.05) is 57.9 Å². The molecule has 2 aromatic rings. The molecule has 0 aliphatic carbocycles. The lowest BCUT2D eigenvalue weighted by molar-refractivity contribution is -0.130. The van der Waals surface area contributed by atoms with Crippen LogP contribution in [-0.2, 0) is 16.1 Å². The Bertz CT molecular complexity index is 960. The molecule has 7 heteroatoms. The van der Waals surface area contributed by atoms with E-state index in [0.29, 0.717) is 19.8 Å². The van der Waals surface area contributed by atoms with Crippen molar-refractivity contribution >= 4 is 11.6 Å². The Morgan fingerprint density at radius 1 is 0.939 bits per heavy atom. The summed E-state index contributed by atoms with van der Waals surface area (Å²) in [5.74, 6) is 1.72. The molecular formula is C26H33N3O4. The van der Waals surface area contributed by atoms with Crippen LogP contribution in [0.2, 0.25) is 0 Å². The summed E-state index contributed by atoms with van der Waals surface area (Å²) in [7, 11) is 0. The number of carbonyl (C=O) groups excluding carboxylic acids is 1. The number of fused-ring (bicyclic) bond motifs is 1. The van der Waals surface area contributed by atoms with E-state index in [0.717, 1.165) is 81.4 Å². The molecule has 33 heavy (non-hydrogen) atoms. The highest BCUT2D eigenvalue weighted by Crippen LogP contribution is 2.38. The van der Waals surface area contributed by atoms with Crippen molar-refractivity contribution in [3.05, 3.63) is 53.6 Å². The van der Waals surface area contributed by atoms with Crippen molar-refractivity contribution in [1.29, 1.82) is 0 Å². The van der Waals surface area contributed by atoms with Gasteiger partial charge < -0.3 is 24.4 Å². The SMILES string of the molecule is O=C(CNc1ccccc1CN1CCOCC1)N1CCCC1c1ccc2c(c1)OCCCO2. The Morgan fingerprint density at radius 2 is 1.76 bits per heavy atom. The number of anilines is 1. The molecule has 1 atom stereocenters. The first-order valence-electron chi connectivity index (χ1n) is 12.1. The maximum absolute atomic E-state index is 13.2. The van der Waals surface area contributed by atoms with Crippen LogP contribution in [0.15, 0.2) is 42.5 Å². The van der Waals surface area contributed by atoms with Crippen molar-refractivity contribution < 1.29 is 19.0 Å². The Hall–Kier alpha value is -2.77. The summed E-state index contributed by atoms with van der Waals surface area (Å²) in [6.07, 6.45) is 2.87. The number of ether oxygens (including phenoxy) is 3. The minimum atomic E-state index is 0.0834. The number of rotatable bonds is 6. The molecule has 5 rings (SSSR count). The van der Waals surface area contributed by atoms with Gasteiger partial charge in [0.25, 0.3) is 0 Å². The Labute approximate surface area is 195 Å². The van der Waals surface area contributed by atoms with E-state index in [4.69, 9.17) is 14.2 Å². The summed E-state index contributed by atoms with van der Waals surface area (Å²) in [4.78, 5) is 17.6. The van der Waals surface area contributed by atoms with E-state index in [1.807, 2.05) is 17.0 Å². The minimum Gasteiger partial charge on any atom is -0.490 e. The fourth-order valence-corrected chi connectivity index (χ4v) is 4.90. The Kier molecular flexibility index (Phi) is 6.98. The van der Waals surface area contributed by atoms with Crippen LogP contribution < -0.4 is 14.8 Å². The van der Waals surface area contributed by atoms with Crippen LogP contribution in [0, 0.1) is 0 Å². The fraction of sp³-hybridized carbons (Fsp3) is 0.500. The molecule has 3 heterocycles. The fourth-order valence-electron chi connectivity index (χ4n) is 4.90. The molecule has 1 N–H and O–H groups in total. The molecule has 2 aromatic carbocycles. The summed E-state index contributed by atoms with van der Waals surface area (Å²) < 4.78 is 17.1. The van der Waals surface area contributed by atoms with Crippen molar-refractivity contribution in [1.82, 2.24) is 9.80 Å². The van der Waals surface area contributed by atoms with Crippen molar-refractivity contribution in [2.45, 2.75) is 31.8 Å². The lowest BCUT2D eigenvalue weighted by Crippen LogP contribution is -2.36. The Morgan fingerprint density at radius 3 is 2.64 bits per heavy atom. The van der Waals surface area contributed by atoms with E-state index in [2.05, 4.69) is 40.5 Å². The van der Waals surface area contributed by atoms with E-state index in [1.54, 1.807) is 0 Å². The van der Waals surface area contributed by atoms with E-state index in [-0.39, 0.29) is 11.9 Å². The standard InChI is InChI=1S/C26H33N3O4/c30-26(18-27-22-6-2-1-5-21(22)19-28-11-15-31-16-12-28)29-10-3-7-23(29)20-8-9-24-25(17-20)33-14-4-13-32-24/h1-2,5-6,8-9,17,23,27H,3-4,7,10-16,18-19H2. The third-order valence-electron chi connectivity index (χ3n) is 6.67. The lowest BCUT2D eigenvalue weighted by atomic mass is 10.0. The number of amides is 1. The summed E-state index contributed by atoms with van der Waals surface area (Å²) >= 11 is 0. The van der Waals surface area contributed by atoms with E-state index in [9.17, 15) is 4.79 Å². The van der Waals surface area contributed by atoms with Gasteiger partial charge in [-0.05, 0) is 42.2 Å². The molecule has 3 aliphatic heterocycles. The van der Waals surface area contributed by atoms with Gasteiger partial charge in [-0.1, -0.05) is 24.3 Å². The van der Waals surface area contributed by atoms with Crippen molar-refractivity contribution in [2.24, 2.45) is 0 Å². The molecule has 1 amide bonds. The van der Waals surface area contributed by atoms with E-state index in [1.165, 1.54) is 5.56 Å². The number of benzene rings is 2. The zero-order valence-corrected chi connectivity index (χ0v) is 19.1. The third-order valence-corrected chi connectivity index (χ3v) is 6.67. The lowest BCUT2D eigenvalue weighted by Gasteiger charge is -2.28. The Balaban J connectivity index is 1.23. The number of nitrogens with zero attached hydrogens (tertiary/aromatic N) is 2. The quantitative estimate of drug-likeness (QED) is 0.726. The van der Waals surface area contributed by atoms with Crippen LogP contribution in [0.4, 0.5) is 5.69 Å². The maximum atomic E-state index is 13.2. The first kappa shape index (κ1) is 22.0. The van der Waals surface area contributed by atoms with Gasteiger partial charge in [-0.15, -0.1) is 0 Å². The second kappa shape index (κ2) is 10.4. The largest absolute Gasteiger partial charge is 0.490 e. The zero-order chi connectivity index (χ0) is 22.5. The van der Waals surface area contributed by atoms with Gasteiger partial charge in [0.1, 0.15) is 0 Å². The van der Waals surface area contributed by atoms with E-state index >= 15 is 0 Å². The summed E-state index contributed by atoms with van der Waals surface area (Å²) in [6, 6.07) is 14.5. The highest BCUT2D eigenvalue weighted by Gasteiger charge is 2.30. The molecule has 0 radical (unpaired) electrons. The average Bonchev–Trinajstić information content (AvgIpc) is 3.23. The number of hydrogen-bond donors (Lipinski definition) is 1. The minimum absolute atomic E-state index is 0.0834. The molecule has 1 unspecified atom stereocenters. The molecule has 0 saturated carbocycles. The van der Waals surface area contributed by atoms with Gasteiger partial charge in [0.2, 0.25) is 5.91 Å². The number of para-hydroxylation sites is 1. The molecule has 0 bridgehead atoms. The third kappa shape index (κ3) is 5.25. The number of likely N-dealkylation sites (tertiary alicyclic amines) is 1. The topological polar surface area (TPSA) is 63.3 Å². The molecule has 0 aromatic heterocycles. The summed E-state index contributed by atoms with van der Waals surface area (Å²) in [6.45, 7) is 6.74. The second-order valence-electron chi connectivity index (χ2n) is 8.90. The number of hydrogen-bond acceptors (Lipinski definition) is 6. The molecule has 0 spiro atoms. The monoisotopic (exact) mass is 451 g/mol. The average molecular weight is 452 g/mol. The number of nitrogens with one attached hydrogen (secondary N) is 1. The van der Waals surface area contributed by atoms with Crippen LogP contribution in [-0.4, -0.2) is 68.3 Å². The summed E-state index contributed by atoms with van der Waals surface area (Å²) in [5.41, 5.74) is 3.37. The maximum Gasteiger partial charge on any atom is 0.242 e. The summed E-state index contributed by atoms with van der Waals surface area (Å²) in [5, 5.41) is 3.42. The molecular weight excluding hydrogens is 418 g/mol. The second-order valence-corrected chi connectivity index (χ2v) is 8.90. The van der Waals surface area contributed by atoms with Gasteiger partial charge in [0.05, 0.1) is 39.0 Å². The predicted octanol–water partition coefficient (Wildman–Crippen LogP) is 3.46. The van der Waals surface area contributed by atoms with Gasteiger partial charge in [0.15, 0.2) is 11.5 Å². The smallest absolute Gasteiger partial charge is 0.242 e. The van der Waals surface area contributed by atoms with Gasteiger partial charge in [-0.2, -0.15) is 0 Å². The van der Waals surface area contributed by atoms with Gasteiger partial charge >= 0.3 is 0 Å². The molecule has 2 fully saturated rings. The van der Waals surface area contributed by atoms with Crippen molar-refractivity contribution in [3.8, 4) is 11.5 Å². The molecule has 176 valence electrons. The van der Waals surface area contributed by atoms with Gasteiger partial charge in [0, 0.05) is 38.3 Å². The predicted molar refractivity (Wildman–Crippen MR) is 127 cm³/mol. The van der Waals surface area contributed by atoms with Gasteiger partial charge in [-0.3, -0.25) is 9.69 Å².